The SMILES string of the molecule is COc1ccccc1CC(=O)N1CCC[C@@H]1[C@@H]1CCCN1C. The summed E-state index contributed by atoms with van der Waals surface area (Å²) in [6.45, 7) is 2.07. The van der Waals surface area contributed by atoms with Crippen molar-refractivity contribution in [3.63, 3.8) is 0 Å². The van der Waals surface area contributed by atoms with E-state index >= 15 is 0 Å². The van der Waals surface area contributed by atoms with Crippen LogP contribution in [0.2, 0.25) is 0 Å². The van der Waals surface area contributed by atoms with Gasteiger partial charge in [0.2, 0.25) is 5.91 Å². The highest BCUT2D eigenvalue weighted by Crippen LogP contribution is 2.30. The molecule has 3 rings (SSSR count). The van der Waals surface area contributed by atoms with Gasteiger partial charge in [-0.2, -0.15) is 0 Å². The van der Waals surface area contributed by atoms with Crippen LogP contribution in [0.15, 0.2) is 24.3 Å². The molecule has 4 nitrogen and oxygen atoms in total. The van der Waals surface area contributed by atoms with Crippen molar-refractivity contribution in [1.29, 1.82) is 0 Å². The fourth-order valence-corrected chi connectivity index (χ4v) is 4.04. The van der Waals surface area contributed by atoms with E-state index in [4.69, 9.17) is 4.74 Å². The third kappa shape index (κ3) is 2.98. The molecule has 1 amide bonds. The van der Waals surface area contributed by atoms with E-state index in [9.17, 15) is 4.79 Å². The maximum atomic E-state index is 12.8. The third-order valence-electron chi connectivity index (χ3n) is 5.17. The molecule has 2 aliphatic heterocycles. The minimum absolute atomic E-state index is 0.243. The minimum atomic E-state index is 0.243. The summed E-state index contributed by atoms with van der Waals surface area (Å²) in [5.74, 6) is 1.05. The van der Waals surface area contributed by atoms with Gasteiger partial charge in [0.15, 0.2) is 0 Å². The summed E-state index contributed by atoms with van der Waals surface area (Å²) in [4.78, 5) is 17.4. The van der Waals surface area contributed by atoms with Crippen LogP contribution in [0.3, 0.4) is 0 Å². The van der Waals surface area contributed by atoms with Gasteiger partial charge in [0.05, 0.1) is 13.5 Å². The zero-order valence-corrected chi connectivity index (χ0v) is 13.6. The van der Waals surface area contributed by atoms with Crippen molar-refractivity contribution in [1.82, 2.24) is 9.80 Å². The molecule has 2 heterocycles. The first-order valence-corrected chi connectivity index (χ1v) is 8.32. The van der Waals surface area contributed by atoms with Crippen LogP contribution < -0.4 is 4.74 Å². The van der Waals surface area contributed by atoms with E-state index in [0.29, 0.717) is 18.5 Å². The number of carbonyl (C=O) groups is 1. The molecule has 22 heavy (non-hydrogen) atoms. The van der Waals surface area contributed by atoms with Crippen LogP contribution in [0, 0.1) is 0 Å². The number of carbonyl (C=O) groups excluding carboxylic acids is 1. The summed E-state index contributed by atoms with van der Waals surface area (Å²) < 4.78 is 5.37. The Labute approximate surface area is 133 Å². The summed E-state index contributed by atoms with van der Waals surface area (Å²) in [5, 5.41) is 0. The normalized spacial score (nSPS) is 25.6. The average molecular weight is 302 g/mol. The molecule has 0 aromatic heterocycles. The summed E-state index contributed by atoms with van der Waals surface area (Å²) in [6, 6.07) is 8.77. The van der Waals surface area contributed by atoms with Gasteiger partial charge < -0.3 is 14.5 Å². The predicted octanol–water partition coefficient (Wildman–Crippen LogP) is 2.32. The number of likely N-dealkylation sites (N-methyl/N-ethyl adjacent to an activating group) is 1. The molecule has 2 saturated heterocycles. The van der Waals surface area contributed by atoms with Crippen LogP contribution in [-0.4, -0.2) is 55.0 Å². The van der Waals surface area contributed by atoms with Crippen molar-refractivity contribution in [2.24, 2.45) is 0 Å². The molecule has 2 atom stereocenters. The number of hydrogen-bond donors (Lipinski definition) is 0. The van der Waals surface area contributed by atoms with Crippen LogP contribution >= 0.6 is 0 Å². The van der Waals surface area contributed by atoms with E-state index in [-0.39, 0.29) is 5.91 Å². The molecule has 0 radical (unpaired) electrons. The van der Waals surface area contributed by atoms with Crippen molar-refractivity contribution in [2.75, 3.05) is 27.2 Å². The lowest BCUT2D eigenvalue weighted by Gasteiger charge is -2.33. The Balaban J connectivity index is 1.71. The molecule has 2 aliphatic rings. The Morgan fingerprint density at radius 3 is 2.64 bits per heavy atom. The molecule has 0 bridgehead atoms. The standard InChI is InChI=1S/C18H26N2O2/c1-19-11-5-8-15(19)16-9-6-12-20(16)18(21)13-14-7-3-4-10-17(14)22-2/h3-4,7,10,15-16H,5-6,8-9,11-13H2,1-2H3/t15-,16+/m0/s1. The highest BCUT2D eigenvalue weighted by molar-refractivity contribution is 5.80. The van der Waals surface area contributed by atoms with E-state index in [0.717, 1.165) is 37.2 Å². The summed E-state index contributed by atoms with van der Waals surface area (Å²) in [7, 11) is 3.86. The van der Waals surface area contributed by atoms with E-state index in [1.807, 2.05) is 24.3 Å². The highest BCUT2D eigenvalue weighted by atomic mass is 16.5. The quantitative estimate of drug-likeness (QED) is 0.856. The fourth-order valence-electron chi connectivity index (χ4n) is 4.04. The molecule has 0 N–H and O–H groups in total. The Hall–Kier alpha value is -1.55. The lowest BCUT2D eigenvalue weighted by Crippen LogP contribution is -2.47. The smallest absolute Gasteiger partial charge is 0.227 e. The summed E-state index contributed by atoms with van der Waals surface area (Å²) in [5.41, 5.74) is 0.987. The molecule has 0 aliphatic carbocycles. The predicted molar refractivity (Wildman–Crippen MR) is 87.1 cm³/mol. The lowest BCUT2D eigenvalue weighted by atomic mass is 10.0. The van der Waals surface area contributed by atoms with Crippen molar-refractivity contribution < 1.29 is 9.53 Å². The maximum absolute atomic E-state index is 12.8. The van der Waals surface area contributed by atoms with Gasteiger partial charge in [-0.05, 0) is 45.3 Å². The monoisotopic (exact) mass is 302 g/mol. The summed E-state index contributed by atoms with van der Waals surface area (Å²) in [6.07, 6.45) is 5.20. The molecular weight excluding hydrogens is 276 g/mol. The molecule has 0 spiro atoms. The van der Waals surface area contributed by atoms with Gasteiger partial charge in [0.25, 0.3) is 0 Å². The number of amides is 1. The number of likely N-dealkylation sites (tertiary alicyclic amines) is 2. The fraction of sp³-hybridized carbons (Fsp3) is 0.611. The molecule has 0 saturated carbocycles. The van der Waals surface area contributed by atoms with Crippen LogP contribution in [0.25, 0.3) is 0 Å². The highest BCUT2D eigenvalue weighted by Gasteiger charge is 2.38. The number of benzene rings is 1. The first-order valence-electron chi connectivity index (χ1n) is 8.32. The lowest BCUT2D eigenvalue weighted by molar-refractivity contribution is -0.132. The van der Waals surface area contributed by atoms with Gasteiger partial charge in [0.1, 0.15) is 5.75 Å². The number of ether oxygens (including phenoxy) is 1. The van der Waals surface area contributed by atoms with Crippen LogP contribution in [-0.2, 0) is 11.2 Å². The molecular formula is C18H26N2O2. The molecule has 4 heteroatoms. The topological polar surface area (TPSA) is 32.8 Å². The molecule has 0 unspecified atom stereocenters. The molecule has 120 valence electrons. The number of nitrogens with zero attached hydrogens (tertiary/aromatic N) is 2. The van der Waals surface area contributed by atoms with Crippen molar-refractivity contribution >= 4 is 5.91 Å². The first-order chi connectivity index (χ1) is 10.7. The van der Waals surface area contributed by atoms with Crippen molar-refractivity contribution in [3.05, 3.63) is 29.8 Å². The van der Waals surface area contributed by atoms with Crippen molar-refractivity contribution in [2.45, 2.75) is 44.2 Å². The van der Waals surface area contributed by atoms with E-state index in [2.05, 4.69) is 16.8 Å². The van der Waals surface area contributed by atoms with Crippen LogP contribution in [0.4, 0.5) is 0 Å². The van der Waals surface area contributed by atoms with E-state index in [1.54, 1.807) is 7.11 Å². The van der Waals surface area contributed by atoms with Crippen LogP contribution in [0.1, 0.15) is 31.2 Å². The van der Waals surface area contributed by atoms with Gasteiger partial charge in [-0.15, -0.1) is 0 Å². The maximum Gasteiger partial charge on any atom is 0.227 e. The molecule has 2 fully saturated rings. The van der Waals surface area contributed by atoms with Gasteiger partial charge >= 0.3 is 0 Å². The van der Waals surface area contributed by atoms with Gasteiger partial charge in [-0.3, -0.25) is 4.79 Å². The first kappa shape index (κ1) is 15.3. The Kier molecular flexibility index (Phi) is 4.67. The number of hydrogen-bond acceptors (Lipinski definition) is 3. The summed E-state index contributed by atoms with van der Waals surface area (Å²) >= 11 is 0. The Bertz CT molecular complexity index is 532. The zero-order chi connectivity index (χ0) is 15.5. The van der Waals surface area contributed by atoms with E-state index in [1.165, 1.54) is 12.8 Å². The second-order valence-electron chi connectivity index (χ2n) is 6.48. The van der Waals surface area contributed by atoms with Crippen molar-refractivity contribution in [3.8, 4) is 5.75 Å². The second-order valence-corrected chi connectivity index (χ2v) is 6.48. The Morgan fingerprint density at radius 1 is 1.18 bits per heavy atom. The number of methoxy groups -OCH3 is 1. The average Bonchev–Trinajstić information content (AvgIpc) is 3.16. The van der Waals surface area contributed by atoms with Gasteiger partial charge in [-0.25, -0.2) is 0 Å². The van der Waals surface area contributed by atoms with E-state index < -0.39 is 0 Å². The number of rotatable bonds is 4. The minimum Gasteiger partial charge on any atom is -0.496 e. The van der Waals surface area contributed by atoms with Gasteiger partial charge in [-0.1, -0.05) is 18.2 Å². The second kappa shape index (κ2) is 6.69. The third-order valence-corrected chi connectivity index (χ3v) is 5.17. The number of para-hydroxylation sites is 1. The Morgan fingerprint density at radius 2 is 1.91 bits per heavy atom. The zero-order valence-electron chi connectivity index (χ0n) is 13.6. The molecule has 1 aromatic rings. The van der Waals surface area contributed by atoms with Gasteiger partial charge in [0, 0.05) is 24.2 Å². The molecule has 1 aromatic carbocycles. The largest absolute Gasteiger partial charge is 0.496 e. The van der Waals surface area contributed by atoms with Crippen LogP contribution in [0.5, 0.6) is 5.75 Å².